The molecule has 1 rings (SSSR count). The molecule has 0 spiro atoms. The third-order valence-electron chi connectivity index (χ3n) is 1.87. The maximum absolute atomic E-state index is 10.4. The molecule has 0 saturated heterocycles. The van der Waals surface area contributed by atoms with Crippen molar-refractivity contribution in [3.05, 3.63) is 37.0 Å². The summed E-state index contributed by atoms with van der Waals surface area (Å²) in [6, 6.07) is 0. The lowest BCUT2D eigenvalue weighted by atomic mass is 10.3. The van der Waals surface area contributed by atoms with E-state index in [4.69, 9.17) is 5.11 Å². The number of carboxylic acids is 1. The van der Waals surface area contributed by atoms with Crippen LogP contribution >= 0.6 is 0 Å². The van der Waals surface area contributed by atoms with Gasteiger partial charge in [0.2, 0.25) is 0 Å². The Morgan fingerprint density at radius 1 is 1.42 bits per heavy atom. The second-order valence-corrected chi connectivity index (χ2v) is 2.85. The van der Waals surface area contributed by atoms with Gasteiger partial charge in [-0.2, -0.15) is 0 Å². The highest BCUT2D eigenvalue weighted by molar-refractivity contribution is 5.74. The molecular weight excluding hydrogens is 152 g/mol. The fourth-order valence-corrected chi connectivity index (χ4v) is 1.06. The van der Waals surface area contributed by atoms with Crippen molar-refractivity contribution in [1.29, 1.82) is 0 Å². The summed E-state index contributed by atoms with van der Waals surface area (Å²) in [4.78, 5) is 10.4. The number of carboxylic acid groups (broad SMARTS) is 1. The molecule has 2 nitrogen and oxygen atoms in total. The Kier molecular flexibility index (Phi) is 2.86. The SMILES string of the molecule is C=CC=CC=CC1CC1C(=O)O. The lowest BCUT2D eigenvalue weighted by Crippen LogP contribution is -1.97. The van der Waals surface area contributed by atoms with E-state index in [1.165, 1.54) is 0 Å². The van der Waals surface area contributed by atoms with Crippen molar-refractivity contribution in [3.63, 3.8) is 0 Å². The van der Waals surface area contributed by atoms with Crippen LogP contribution in [0.1, 0.15) is 6.42 Å². The standard InChI is InChI=1S/C10H12O2/c1-2-3-4-5-6-8-7-9(8)10(11)12/h2-6,8-9H,1,7H2,(H,11,12). The average Bonchev–Trinajstić information content (AvgIpc) is 2.77. The molecule has 0 aliphatic heterocycles. The van der Waals surface area contributed by atoms with Crippen LogP contribution in [0.2, 0.25) is 0 Å². The predicted molar refractivity (Wildman–Crippen MR) is 47.7 cm³/mol. The van der Waals surface area contributed by atoms with Crippen LogP contribution in [0.25, 0.3) is 0 Å². The van der Waals surface area contributed by atoms with Gasteiger partial charge in [-0.1, -0.05) is 37.0 Å². The zero-order valence-corrected chi connectivity index (χ0v) is 6.81. The van der Waals surface area contributed by atoms with Crippen molar-refractivity contribution < 1.29 is 9.90 Å². The van der Waals surface area contributed by atoms with Crippen molar-refractivity contribution in [2.45, 2.75) is 6.42 Å². The average molecular weight is 164 g/mol. The molecule has 2 unspecified atom stereocenters. The van der Waals surface area contributed by atoms with Gasteiger partial charge in [0, 0.05) is 0 Å². The molecule has 1 N–H and O–H groups in total. The summed E-state index contributed by atoms with van der Waals surface area (Å²) in [6.45, 7) is 3.52. The van der Waals surface area contributed by atoms with Crippen molar-refractivity contribution in [3.8, 4) is 0 Å². The van der Waals surface area contributed by atoms with E-state index in [0.29, 0.717) is 0 Å². The normalized spacial score (nSPS) is 28.0. The first-order valence-corrected chi connectivity index (χ1v) is 3.94. The summed E-state index contributed by atoms with van der Waals surface area (Å²) >= 11 is 0. The summed E-state index contributed by atoms with van der Waals surface area (Å²) in [5.41, 5.74) is 0. The second kappa shape index (κ2) is 3.90. The van der Waals surface area contributed by atoms with E-state index >= 15 is 0 Å². The molecule has 2 atom stereocenters. The minimum Gasteiger partial charge on any atom is -0.481 e. The molecular formula is C10H12O2. The van der Waals surface area contributed by atoms with Crippen LogP contribution in [-0.2, 0) is 4.79 Å². The summed E-state index contributed by atoms with van der Waals surface area (Å²) in [5.74, 6) is -0.576. The van der Waals surface area contributed by atoms with Gasteiger partial charge in [-0.05, 0) is 12.3 Å². The van der Waals surface area contributed by atoms with Gasteiger partial charge in [0.1, 0.15) is 0 Å². The molecule has 64 valence electrons. The number of rotatable bonds is 4. The summed E-state index contributed by atoms with van der Waals surface area (Å²) in [7, 11) is 0. The maximum atomic E-state index is 10.4. The summed E-state index contributed by atoms with van der Waals surface area (Å²) in [5, 5.41) is 8.56. The fourth-order valence-electron chi connectivity index (χ4n) is 1.06. The summed E-state index contributed by atoms with van der Waals surface area (Å²) in [6.07, 6.45) is 9.94. The molecule has 0 amide bonds. The zero-order chi connectivity index (χ0) is 8.97. The Morgan fingerprint density at radius 3 is 2.67 bits per heavy atom. The van der Waals surface area contributed by atoms with Crippen LogP contribution < -0.4 is 0 Å². The number of aliphatic carboxylic acids is 1. The monoisotopic (exact) mass is 164 g/mol. The smallest absolute Gasteiger partial charge is 0.307 e. The highest BCUT2D eigenvalue weighted by Gasteiger charge is 2.40. The Labute approximate surface area is 71.9 Å². The number of allylic oxidation sites excluding steroid dienone is 5. The van der Waals surface area contributed by atoms with Crippen molar-refractivity contribution in [2.24, 2.45) is 11.8 Å². The third-order valence-corrected chi connectivity index (χ3v) is 1.87. The molecule has 0 aromatic heterocycles. The van der Waals surface area contributed by atoms with Crippen LogP contribution in [0.3, 0.4) is 0 Å². The Morgan fingerprint density at radius 2 is 2.17 bits per heavy atom. The molecule has 0 radical (unpaired) electrons. The molecule has 0 bridgehead atoms. The molecule has 0 aromatic carbocycles. The van der Waals surface area contributed by atoms with E-state index in [9.17, 15) is 4.79 Å². The fraction of sp³-hybridized carbons (Fsp3) is 0.300. The van der Waals surface area contributed by atoms with Crippen LogP contribution in [-0.4, -0.2) is 11.1 Å². The van der Waals surface area contributed by atoms with Crippen LogP contribution in [0.4, 0.5) is 0 Å². The topological polar surface area (TPSA) is 37.3 Å². The maximum Gasteiger partial charge on any atom is 0.307 e. The highest BCUT2D eigenvalue weighted by atomic mass is 16.4. The minimum atomic E-state index is -0.683. The Bertz CT molecular complexity index is 238. The molecule has 1 aliphatic rings. The van der Waals surface area contributed by atoms with Gasteiger partial charge in [-0.15, -0.1) is 0 Å². The van der Waals surface area contributed by atoms with Crippen molar-refractivity contribution in [1.82, 2.24) is 0 Å². The van der Waals surface area contributed by atoms with Gasteiger partial charge in [-0.3, -0.25) is 4.79 Å². The molecule has 12 heavy (non-hydrogen) atoms. The molecule has 0 aromatic rings. The minimum absolute atomic E-state index is 0.140. The molecule has 1 fully saturated rings. The molecule has 1 saturated carbocycles. The second-order valence-electron chi connectivity index (χ2n) is 2.85. The van der Waals surface area contributed by atoms with Gasteiger partial charge in [0.15, 0.2) is 0 Å². The molecule has 0 heterocycles. The van der Waals surface area contributed by atoms with E-state index in [1.807, 2.05) is 24.3 Å². The largest absolute Gasteiger partial charge is 0.481 e. The lowest BCUT2D eigenvalue weighted by Gasteiger charge is -1.83. The third kappa shape index (κ3) is 2.38. The van der Waals surface area contributed by atoms with Crippen molar-refractivity contribution in [2.75, 3.05) is 0 Å². The van der Waals surface area contributed by atoms with Gasteiger partial charge in [0.05, 0.1) is 5.92 Å². The highest BCUT2D eigenvalue weighted by Crippen LogP contribution is 2.39. The van der Waals surface area contributed by atoms with E-state index in [2.05, 4.69) is 6.58 Å². The van der Waals surface area contributed by atoms with Gasteiger partial charge >= 0.3 is 5.97 Å². The van der Waals surface area contributed by atoms with Gasteiger partial charge in [0.25, 0.3) is 0 Å². The van der Waals surface area contributed by atoms with E-state index < -0.39 is 5.97 Å². The van der Waals surface area contributed by atoms with E-state index in [1.54, 1.807) is 6.08 Å². The Hall–Kier alpha value is -1.31. The van der Waals surface area contributed by atoms with E-state index in [-0.39, 0.29) is 11.8 Å². The van der Waals surface area contributed by atoms with Gasteiger partial charge in [-0.25, -0.2) is 0 Å². The van der Waals surface area contributed by atoms with Crippen LogP contribution in [0.15, 0.2) is 37.0 Å². The number of hydrogen-bond donors (Lipinski definition) is 1. The van der Waals surface area contributed by atoms with Crippen molar-refractivity contribution >= 4 is 5.97 Å². The predicted octanol–water partition coefficient (Wildman–Crippen LogP) is 2.01. The number of carbonyl (C=O) groups is 1. The first kappa shape index (κ1) is 8.78. The first-order valence-electron chi connectivity index (χ1n) is 3.94. The van der Waals surface area contributed by atoms with Crippen LogP contribution in [0.5, 0.6) is 0 Å². The van der Waals surface area contributed by atoms with E-state index in [0.717, 1.165) is 6.42 Å². The zero-order valence-electron chi connectivity index (χ0n) is 6.81. The first-order chi connectivity index (χ1) is 5.75. The van der Waals surface area contributed by atoms with Crippen LogP contribution in [0, 0.1) is 11.8 Å². The quantitative estimate of drug-likeness (QED) is 0.645. The lowest BCUT2D eigenvalue weighted by molar-refractivity contribution is -0.138. The van der Waals surface area contributed by atoms with Gasteiger partial charge < -0.3 is 5.11 Å². The Balaban J connectivity index is 2.27. The summed E-state index contributed by atoms with van der Waals surface area (Å²) < 4.78 is 0. The number of hydrogen-bond acceptors (Lipinski definition) is 1. The molecule has 2 heteroatoms. The molecule has 1 aliphatic carbocycles.